The van der Waals surface area contributed by atoms with Crippen molar-refractivity contribution in [2.75, 3.05) is 30.5 Å². The lowest BCUT2D eigenvalue weighted by Crippen LogP contribution is -2.42. The van der Waals surface area contributed by atoms with Gasteiger partial charge in [-0.15, -0.1) is 0 Å². The fourth-order valence-corrected chi connectivity index (χ4v) is 4.33. The number of hydrogen-bond donors (Lipinski definition) is 3. The number of methoxy groups -OCH3 is 1. The molecule has 0 aromatic carbocycles. The summed E-state index contributed by atoms with van der Waals surface area (Å²) in [6.45, 7) is 0.773. The number of nitrogens with one attached hydrogen (secondary N) is 1. The molecule has 4 heterocycles. The van der Waals surface area contributed by atoms with Gasteiger partial charge in [0.1, 0.15) is 5.65 Å². The van der Waals surface area contributed by atoms with Crippen molar-refractivity contribution >= 4 is 34.8 Å². The van der Waals surface area contributed by atoms with Gasteiger partial charge in [-0.3, -0.25) is 14.2 Å². The van der Waals surface area contributed by atoms with Crippen LogP contribution in [0.2, 0.25) is 0 Å². The number of fused-ring (bicyclic) bond motifs is 2. The van der Waals surface area contributed by atoms with Crippen LogP contribution in [0.25, 0.3) is 11.0 Å². The zero-order valence-corrected chi connectivity index (χ0v) is 20.4. The van der Waals surface area contributed by atoms with E-state index in [9.17, 15) is 19.5 Å². The highest BCUT2D eigenvalue weighted by molar-refractivity contribution is 5.94. The third-order valence-corrected chi connectivity index (χ3v) is 6.09. The number of aromatic nitrogens is 4. The third-order valence-electron chi connectivity index (χ3n) is 6.09. The molecule has 3 aromatic rings. The molecule has 1 aliphatic carbocycles. The van der Waals surface area contributed by atoms with Crippen LogP contribution in [-0.2, 0) is 11.3 Å². The maximum absolute atomic E-state index is 11.6. The molecule has 0 unspecified atom stereocenters. The first-order valence-corrected chi connectivity index (χ1v) is 12.0. The fraction of sp³-hybridized carbons (Fsp3) is 0.417. The van der Waals surface area contributed by atoms with Crippen molar-refractivity contribution < 1.29 is 24.2 Å². The lowest BCUT2D eigenvalue weighted by atomic mass is 9.94. The predicted octanol–water partition coefficient (Wildman–Crippen LogP) is 1.99. The first kappa shape index (κ1) is 25.8. The third kappa shape index (κ3) is 5.94. The second kappa shape index (κ2) is 11.6. The van der Waals surface area contributed by atoms with Crippen molar-refractivity contribution in [1.29, 1.82) is 0 Å². The van der Waals surface area contributed by atoms with Crippen molar-refractivity contribution in [3.8, 4) is 11.6 Å². The molecule has 0 bridgehead atoms. The van der Waals surface area contributed by atoms with Crippen LogP contribution in [0.3, 0.4) is 0 Å². The van der Waals surface area contributed by atoms with E-state index in [4.69, 9.17) is 15.2 Å². The number of carbonyl (C=O) groups is 2. The summed E-state index contributed by atoms with van der Waals surface area (Å²) in [5, 5.41) is 12.9. The monoisotopic (exact) mass is 511 g/mol. The Balaban J connectivity index is 0.000000180. The summed E-state index contributed by atoms with van der Waals surface area (Å²) in [6, 6.07) is 6.78. The van der Waals surface area contributed by atoms with Crippen LogP contribution in [0.5, 0.6) is 11.6 Å². The maximum Gasteiger partial charge on any atom is 0.414 e. The van der Waals surface area contributed by atoms with E-state index in [1.165, 1.54) is 17.2 Å². The molecule has 13 nitrogen and oxygen atoms in total. The van der Waals surface area contributed by atoms with Crippen LogP contribution in [0.15, 0.2) is 35.3 Å². The molecule has 2 amide bonds. The lowest BCUT2D eigenvalue weighted by molar-refractivity contribution is -0.118. The normalized spacial score (nSPS) is 15.0. The van der Waals surface area contributed by atoms with Gasteiger partial charge in [-0.2, -0.15) is 9.97 Å². The van der Waals surface area contributed by atoms with Crippen LogP contribution >= 0.6 is 0 Å². The molecular formula is C24H29N7O6. The van der Waals surface area contributed by atoms with E-state index in [1.807, 2.05) is 6.07 Å². The van der Waals surface area contributed by atoms with E-state index in [-0.39, 0.29) is 35.9 Å². The molecule has 0 atom stereocenters. The molecule has 5 rings (SSSR count). The van der Waals surface area contributed by atoms with E-state index in [0.29, 0.717) is 30.4 Å². The first-order valence-electron chi connectivity index (χ1n) is 12.0. The Morgan fingerprint density at radius 1 is 1.22 bits per heavy atom. The number of hydrogen-bond acceptors (Lipinski definition) is 9. The van der Waals surface area contributed by atoms with Crippen LogP contribution in [0.4, 0.5) is 16.6 Å². The highest BCUT2D eigenvalue weighted by atomic mass is 16.5. The number of rotatable bonds is 5. The molecule has 1 saturated carbocycles. The molecule has 4 N–H and O–H groups in total. The van der Waals surface area contributed by atoms with Gasteiger partial charge in [0.2, 0.25) is 11.8 Å². The Morgan fingerprint density at radius 2 is 1.97 bits per heavy atom. The minimum absolute atomic E-state index is 0.0824. The number of nitrogens with zero attached hydrogens (tertiary/aromatic N) is 5. The SMILES string of the molecule is COc1ccc2ccc(=O)n(CCN)c2n1.O=C1COc2cnc(N(C(=O)O)C3CCCCC3)nc2N1. The number of nitrogens with two attached hydrogens (primary N) is 1. The average molecular weight is 512 g/mol. The quantitative estimate of drug-likeness (QED) is 0.459. The van der Waals surface area contributed by atoms with Gasteiger partial charge in [0, 0.05) is 36.7 Å². The first-order chi connectivity index (χ1) is 17.9. The van der Waals surface area contributed by atoms with Gasteiger partial charge in [0.05, 0.1) is 13.3 Å². The van der Waals surface area contributed by atoms with Gasteiger partial charge >= 0.3 is 6.09 Å². The van der Waals surface area contributed by atoms with Gasteiger partial charge in [-0.25, -0.2) is 14.7 Å². The molecule has 0 spiro atoms. The summed E-state index contributed by atoms with van der Waals surface area (Å²) in [4.78, 5) is 48.2. The van der Waals surface area contributed by atoms with Crippen molar-refractivity contribution in [1.82, 2.24) is 19.5 Å². The van der Waals surface area contributed by atoms with Gasteiger partial charge in [0.15, 0.2) is 18.2 Å². The number of anilines is 2. The van der Waals surface area contributed by atoms with Gasteiger partial charge in [0.25, 0.3) is 11.5 Å². The van der Waals surface area contributed by atoms with Crippen molar-refractivity contribution in [2.24, 2.45) is 5.73 Å². The second-order valence-electron chi connectivity index (χ2n) is 8.54. The highest BCUT2D eigenvalue weighted by Gasteiger charge is 2.30. The second-order valence-corrected chi connectivity index (χ2v) is 8.54. The largest absolute Gasteiger partial charge is 0.481 e. The number of pyridine rings is 2. The van der Waals surface area contributed by atoms with Crippen LogP contribution in [0, 0.1) is 0 Å². The molecule has 1 fully saturated rings. The predicted molar refractivity (Wildman–Crippen MR) is 135 cm³/mol. The minimum Gasteiger partial charge on any atom is -0.481 e. The minimum atomic E-state index is -1.08. The summed E-state index contributed by atoms with van der Waals surface area (Å²) in [6.07, 6.45) is 5.04. The lowest BCUT2D eigenvalue weighted by Gasteiger charge is -2.31. The summed E-state index contributed by atoms with van der Waals surface area (Å²) in [5.41, 5.74) is 5.98. The molecule has 3 aromatic heterocycles. The Morgan fingerprint density at radius 3 is 2.68 bits per heavy atom. The topological polar surface area (TPSA) is 175 Å². The summed E-state index contributed by atoms with van der Waals surface area (Å²) in [7, 11) is 1.54. The Kier molecular flexibility index (Phi) is 8.13. The van der Waals surface area contributed by atoms with E-state index in [1.54, 1.807) is 23.8 Å². The summed E-state index contributed by atoms with van der Waals surface area (Å²) in [5.74, 6) is 0.833. The molecule has 0 saturated heterocycles. The molecule has 37 heavy (non-hydrogen) atoms. The van der Waals surface area contributed by atoms with Crippen LogP contribution < -0.4 is 31.0 Å². The Hall–Kier alpha value is -4.26. The fourth-order valence-electron chi connectivity index (χ4n) is 4.33. The van der Waals surface area contributed by atoms with Crippen molar-refractivity contribution in [3.63, 3.8) is 0 Å². The standard InChI is InChI=1S/C13H16N4O4.C11H13N3O2/c18-10-7-21-9-6-14-12(16-11(9)15-10)17(13(19)20)8-4-2-1-3-5-8;1-16-9-4-2-8-3-5-10(15)14(7-6-12)11(8)13-9/h6,8H,1-5,7H2,(H,19,20)(H,14,15,16,18);2-5H,6-7,12H2,1H3. The van der Waals surface area contributed by atoms with E-state index < -0.39 is 6.09 Å². The van der Waals surface area contributed by atoms with E-state index in [0.717, 1.165) is 37.5 Å². The number of carboxylic acid groups (broad SMARTS) is 1. The Labute approximate surface area is 212 Å². The number of amides is 2. The van der Waals surface area contributed by atoms with Crippen LogP contribution in [0.1, 0.15) is 32.1 Å². The smallest absolute Gasteiger partial charge is 0.414 e. The summed E-state index contributed by atoms with van der Waals surface area (Å²) >= 11 is 0. The molecule has 2 aliphatic rings. The van der Waals surface area contributed by atoms with Crippen molar-refractivity contribution in [2.45, 2.75) is 44.7 Å². The molecule has 13 heteroatoms. The summed E-state index contributed by atoms with van der Waals surface area (Å²) < 4.78 is 11.8. The van der Waals surface area contributed by atoms with Gasteiger partial charge in [-0.05, 0) is 25.0 Å². The van der Waals surface area contributed by atoms with Gasteiger partial charge in [-0.1, -0.05) is 19.3 Å². The zero-order valence-electron chi connectivity index (χ0n) is 20.4. The maximum atomic E-state index is 11.6. The van der Waals surface area contributed by atoms with E-state index >= 15 is 0 Å². The molecular weight excluding hydrogens is 482 g/mol. The number of ether oxygens (including phenoxy) is 2. The van der Waals surface area contributed by atoms with Crippen LogP contribution in [-0.4, -0.2) is 62.9 Å². The molecule has 1 aliphatic heterocycles. The van der Waals surface area contributed by atoms with Crippen molar-refractivity contribution in [3.05, 3.63) is 40.8 Å². The number of carbonyl (C=O) groups excluding carboxylic acids is 1. The van der Waals surface area contributed by atoms with Gasteiger partial charge < -0.3 is 25.6 Å². The molecule has 196 valence electrons. The Bertz CT molecular complexity index is 1340. The highest BCUT2D eigenvalue weighted by Crippen LogP contribution is 2.30. The molecule has 0 radical (unpaired) electrons. The zero-order chi connectivity index (χ0) is 26.4. The van der Waals surface area contributed by atoms with E-state index in [2.05, 4.69) is 20.3 Å². The average Bonchev–Trinajstić information content (AvgIpc) is 2.91.